The lowest BCUT2D eigenvalue weighted by Crippen LogP contribution is -1.93. The maximum Gasteiger partial charge on any atom is 0.346 e. The molecule has 4 heteroatoms. The summed E-state index contributed by atoms with van der Waals surface area (Å²) < 4.78 is 12.3. The molecule has 0 unspecified atom stereocenters. The number of rotatable bonds is 1. The highest BCUT2D eigenvalue weighted by molar-refractivity contribution is 7.12. The normalized spacial score (nSPS) is 9.80. The van der Waals surface area contributed by atoms with Gasteiger partial charge in [-0.1, -0.05) is 11.3 Å². The lowest BCUT2D eigenvalue weighted by atomic mass is 10.3. The molecule has 0 saturated heterocycles. The van der Waals surface area contributed by atoms with Gasteiger partial charge in [-0.2, -0.15) is 4.39 Å². The molecule has 0 fully saturated rings. The zero-order chi connectivity index (χ0) is 7.72. The molecule has 0 saturated carbocycles. The average Bonchev–Trinajstić information content (AvgIpc) is 2.10. The molecule has 1 aromatic heterocycles. The maximum absolute atomic E-state index is 12.3. The molecule has 0 bridgehead atoms. The second kappa shape index (κ2) is 2.38. The molecule has 0 aliphatic rings. The molecular weight excluding hydrogens is 155 g/mol. The van der Waals surface area contributed by atoms with Crippen LogP contribution in [0.25, 0.3) is 0 Å². The standard InChI is InChI=1S/C6H5FO2S/c1-3-2-4(7)10-5(3)6(8)9/h2H,1H3,(H,8,9). The molecule has 2 nitrogen and oxygen atoms in total. The fourth-order valence-electron chi connectivity index (χ4n) is 0.656. The molecule has 1 rings (SSSR count). The number of halogens is 1. The van der Waals surface area contributed by atoms with Crippen LogP contribution in [-0.2, 0) is 0 Å². The van der Waals surface area contributed by atoms with Gasteiger partial charge in [-0.05, 0) is 18.6 Å². The Morgan fingerprint density at radius 3 is 2.60 bits per heavy atom. The minimum Gasteiger partial charge on any atom is -0.477 e. The third-order valence-electron chi connectivity index (χ3n) is 1.08. The van der Waals surface area contributed by atoms with E-state index in [1.165, 1.54) is 6.07 Å². The average molecular weight is 160 g/mol. The topological polar surface area (TPSA) is 37.3 Å². The van der Waals surface area contributed by atoms with Crippen molar-refractivity contribution in [1.82, 2.24) is 0 Å². The molecule has 0 atom stereocenters. The highest BCUT2D eigenvalue weighted by atomic mass is 32.1. The number of hydrogen-bond acceptors (Lipinski definition) is 2. The van der Waals surface area contributed by atoms with Gasteiger partial charge in [0.1, 0.15) is 4.88 Å². The zero-order valence-electron chi connectivity index (χ0n) is 5.22. The van der Waals surface area contributed by atoms with Crippen LogP contribution in [0, 0.1) is 12.1 Å². The van der Waals surface area contributed by atoms with Crippen LogP contribution in [0.15, 0.2) is 6.07 Å². The summed E-state index contributed by atoms with van der Waals surface area (Å²) in [6.45, 7) is 1.57. The van der Waals surface area contributed by atoms with E-state index < -0.39 is 11.1 Å². The first kappa shape index (κ1) is 7.21. The van der Waals surface area contributed by atoms with Gasteiger partial charge in [-0.25, -0.2) is 4.79 Å². The molecule has 0 aliphatic carbocycles. The second-order valence-corrected chi connectivity index (χ2v) is 2.87. The molecule has 1 N–H and O–H groups in total. The molecule has 0 spiro atoms. The first-order valence-corrected chi connectivity index (χ1v) is 3.42. The summed E-state index contributed by atoms with van der Waals surface area (Å²) in [5.74, 6) is -1.06. The van der Waals surface area contributed by atoms with Gasteiger partial charge in [0.05, 0.1) is 0 Å². The smallest absolute Gasteiger partial charge is 0.346 e. The predicted octanol–water partition coefficient (Wildman–Crippen LogP) is 1.89. The van der Waals surface area contributed by atoms with Crippen LogP contribution in [0.4, 0.5) is 4.39 Å². The fourth-order valence-corrected chi connectivity index (χ4v) is 1.39. The van der Waals surface area contributed by atoms with E-state index in [1.807, 2.05) is 0 Å². The fraction of sp³-hybridized carbons (Fsp3) is 0.167. The molecular formula is C6H5FO2S. The first-order valence-electron chi connectivity index (χ1n) is 2.60. The van der Waals surface area contributed by atoms with Gasteiger partial charge in [0.15, 0.2) is 5.13 Å². The van der Waals surface area contributed by atoms with Gasteiger partial charge in [-0.3, -0.25) is 0 Å². The SMILES string of the molecule is Cc1cc(F)sc1C(=O)O. The van der Waals surface area contributed by atoms with Gasteiger partial charge in [0.25, 0.3) is 0 Å². The summed E-state index contributed by atoms with van der Waals surface area (Å²) in [6, 6.07) is 1.22. The number of aryl methyl sites for hydroxylation is 1. The number of carbonyl (C=O) groups is 1. The zero-order valence-corrected chi connectivity index (χ0v) is 6.04. The highest BCUT2D eigenvalue weighted by Gasteiger charge is 2.10. The first-order chi connectivity index (χ1) is 4.61. The van der Waals surface area contributed by atoms with E-state index in [2.05, 4.69) is 0 Å². The van der Waals surface area contributed by atoms with Crippen molar-refractivity contribution in [2.24, 2.45) is 0 Å². The van der Waals surface area contributed by atoms with Crippen LogP contribution < -0.4 is 0 Å². The Morgan fingerprint density at radius 1 is 1.80 bits per heavy atom. The van der Waals surface area contributed by atoms with Gasteiger partial charge >= 0.3 is 5.97 Å². The van der Waals surface area contributed by atoms with Crippen molar-refractivity contribution in [3.05, 3.63) is 21.6 Å². The van der Waals surface area contributed by atoms with Gasteiger partial charge in [0.2, 0.25) is 0 Å². The second-order valence-electron chi connectivity index (χ2n) is 1.87. The van der Waals surface area contributed by atoms with E-state index in [0.717, 1.165) is 0 Å². The summed E-state index contributed by atoms with van der Waals surface area (Å²) in [6.07, 6.45) is 0. The summed E-state index contributed by atoms with van der Waals surface area (Å²) in [5, 5.41) is 7.97. The summed E-state index contributed by atoms with van der Waals surface area (Å²) in [7, 11) is 0. The van der Waals surface area contributed by atoms with Crippen molar-refractivity contribution in [1.29, 1.82) is 0 Å². The maximum atomic E-state index is 12.3. The predicted molar refractivity (Wildman–Crippen MR) is 36.0 cm³/mol. The van der Waals surface area contributed by atoms with E-state index >= 15 is 0 Å². The van der Waals surface area contributed by atoms with Crippen molar-refractivity contribution < 1.29 is 14.3 Å². The lowest BCUT2D eigenvalue weighted by molar-refractivity contribution is 0.0701. The minimum atomic E-state index is -1.06. The van der Waals surface area contributed by atoms with Crippen molar-refractivity contribution in [3.63, 3.8) is 0 Å². The summed E-state index contributed by atoms with van der Waals surface area (Å²) in [5.41, 5.74) is 0.481. The Kier molecular flexibility index (Phi) is 1.72. The number of aromatic carboxylic acids is 1. The third kappa shape index (κ3) is 1.16. The Balaban J connectivity index is 3.15. The summed E-state index contributed by atoms with van der Waals surface area (Å²) >= 11 is 0.656. The quantitative estimate of drug-likeness (QED) is 0.681. The number of hydrogen-bond donors (Lipinski definition) is 1. The Bertz CT molecular complexity index is 267. The van der Waals surface area contributed by atoms with E-state index in [9.17, 15) is 9.18 Å². The van der Waals surface area contributed by atoms with E-state index in [1.54, 1.807) is 6.92 Å². The monoisotopic (exact) mass is 160 g/mol. The highest BCUT2D eigenvalue weighted by Crippen LogP contribution is 2.19. The molecule has 0 aliphatic heterocycles. The van der Waals surface area contributed by atoms with Crippen LogP contribution in [0.1, 0.15) is 15.2 Å². The molecule has 1 heterocycles. The lowest BCUT2D eigenvalue weighted by Gasteiger charge is -1.85. The van der Waals surface area contributed by atoms with E-state index in [4.69, 9.17) is 5.11 Å². The van der Waals surface area contributed by atoms with Crippen molar-refractivity contribution in [2.75, 3.05) is 0 Å². The Labute approximate surface area is 60.9 Å². The number of carboxylic acids is 1. The van der Waals surface area contributed by atoms with E-state index in [0.29, 0.717) is 16.9 Å². The van der Waals surface area contributed by atoms with Crippen molar-refractivity contribution >= 4 is 17.3 Å². The van der Waals surface area contributed by atoms with Gasteiger partial charge in [-0.15, -0.1) is 0 Å². The minimum absolute atomic E-state index is 0.0810. The van der Waals surface area contributed by atoms with Crippen LogP contribution >= 0.6 is 11.3 Å². The summed E-state index contributed by atoms with van der Waals surface area (Å²) in [4.78, 5) is 10.4. The Morgan fingerprint density at radius 2 is 2.40 bits per heavy atom. The molecule has 0 amide bonds. The van der Waals surface area contributed by atoms with E-state index in [-0.39, 0.29) is 4.88 Å². The molecule has 10 heavy (non-hydrogen) atoms. The molecule has 1 aromatic rings. The Hall–Kier alpha value is -0.900. The van der Waals surface area contributed by atoms with Gasteiger partial charge in [0, 0.05) is 0 Å². The molecule has 54 valence electrons. The van der Waals surface area contributed by atoms with Crippen LogP contribution in [0.3, 0.4) is 0 Å². The number of thiophene rings is 1. The number of carboxylic acid groups (broad SMARTS) is 1. The van der Waals surface area contributed by atoms with Crippen molar-refractivity contribution in [3.8, 4) is 0 Å². The largest absolute Gasteiger partial charge is 0.477 e. The molecule has 0 radical (unpaired) electrons. The van der Waals surface area contributed by atoms with Crippen LogP contribution in [0.2, 0.25) is 0 Å². The molecule has 0 aromatic carbocycles. The van der Waals surface area contributed by atoms with Gasteiger partial charge < -0.3 is 5.11 Å². The van der Waals surface area contributed by atoms with Crippen molar-refractivity contribution in [2.45, 2.75) is 6.92 Å². The van der Waals surface area contributed by atoms with Crippen LogP contribution in [0.5, 0.6) is 0 Å². The van der Waals surface area contributed by atoms with Crippen LogP contribution in [-0.4, -0.2) is 11.1 Å². The third-order valence-corrected chi connectivity index (χ3v) is 2.10.